The van der Waals surface area contributed by atoms with Crippen LogP contribution in [0, 0.1) is 0 Å². The Kier molecular flexibility index (Phi) is 5.49. The SMILES string of the molecule is O=C(/C=C/C1=NN(c2ccccc2)[C@@H](c2ccccc2)C1)c1ccc(Br)cc1. The molecule has 0 radical (unpaired) electrons. The van der Waals surface area contributed by atoms with Crippen molar-refractivity contribution >= 4 is 33.1 Å². The first-order valence-electron chi connectivity index (χ1n) is 9.15. The van der Waals surface area contributed by atoms with Gasteiger partial charge in [-0.25, -0.2) is 0 Å². The van der Waals surface area contributed by atoms with Crippen LogP contribution < -0.4 is 5.01 Å². The lowest BCUT2D eigenvalue weighted by Crippen LogP contribution is -2.18. The highest BCUT2D eigenvalue weighted by Crippen LogP contribution is 2.35. The monoisotopic (exact) mass is 430 g/mol. The molecule has 138 valence electrons. The van der Waals surface area contributed by atoms with Crippen molar-refractivity contribution in [2.45, 2.75) is 12.5 Å². The van der Waals surface area contributed by atoms with Gasteiger partial charge in [0.15, 0.2) is 5.78 Å². The Morgan fingerprint density at radius 2 is 1.57 bits per heavy atom. The fourth-order valence-electron chi connectivity index (χ4n) is 3.27. The molecule has 0 amide bonds. The molecule has 3 aromatic carbocycles. The Labute approximate surface area is 173 Å². The maximum absolute atomic E-state index is 12.4. The summed E-state index contributed by atoms with van der Waals surface area (Å²) in [5.41, 5.74) is 3.80. The Morgan fingerprint density at radius 3 is 2.25 bits per heavy atom. The number of benzene rings is 3. The van der Waals surface area contributed by atoms with E-state index in [0.29, 0.717) is 5.56 Å². The number of para-hydroxylation sites is 1. The lowest BCUT2D eigenvalue weighted by Gasteiger charge is -2.23. The summed E-state index contributed by atoms with van der Waals surface area (Å²) in [4.78, 5) is 12.4. The van der Waals surface area contributed by atoms with Gasteiger partial charge in [-0.15, -0.1) is 0 Å². The zero-order chi connectivity index (χ0) is 19.3. The third kappa shape index (κ3) is 4.12. The van der Waals surface area contributed by atoms with Crippen molar-refractivity contribution < 1.29 is 4.79 Å². The predicted molar refractivity (Wildman–Crippen MR) is 118 cm³/mol. The van der Waals surface area contributed by atoms with Crippen LogP contribution >= 0.6 is 15.9 Å². The minimum absolute atomic E-state index is 0.0235. The van der Waals surface area contributed by atoms with E-state index in [0.717, 1.165) is 22.3 Å². The second-order valence-electron chi connectivity index (χ2n) is 6.61. The van der Waals surface area contributed by atoms with Crippen LogP contribution in [0.4, 0.5) is 5.69 Å². The number of anilines is 1. The molecule has 0 aromatic heterocycles. The molecule has 0 aliphatic carbocycles. The van der Waals surface area contributed by atoms with Gasteiger partial charge >= 0.3 is 0 Å². The van der Waals surface area contributed by atoms with Crippen LogP contribution in [0.5, 0.6) is 0 Å². The lowest BCUT2D eigenvalue weighted by atomic mass is 10.0. The van der Waals surface area contributed by atoms with Gasteiger partial charge in [-0.1, -0.05) is 64.5 Å². The number of halogens is 1. The molecular weight excluding hydrogens is 412 g/mol. The van der Waals surface area contributed by atoms with E-state index in [-0.39, 0.29) is 11.8 Å². The molecule has 3 aromatic rings. The van der Waals surface area contributed by atoms with Crippen LogP contribution in [-0.2, 0) is 0 Å². The van der Waals surface area contributed by atoms with Gasteiger partial charge in [0.1, 0.15) is 0 Å². The molecule has 0 saturated carbocycles. The highest BCUT2D eigenvalue weighted by molar-refractivity contribution is 9.10. The molecule has 0 N–H and O–H groups in total. The van der Waals surface area contributed by atoms with E-state index in [1.54, 1.807) is 6.08 Å². The molecule has 28 heavy (non-hydrogen) atoms. The standard InChI is InChI=1S/C24H19BrN2O/c25-20-13-11-19(12-14-20)24(28)16-15-21-17-23(18-7-3-1-4-8-18)27(26-21)22-9-5-2-6-10-22/h1-16,23H,17H2/b16-15+/t23-/m1/s1. The molecule has 0 bridgehead atoms. The molecule has 1 atom stereocenters. The van der Waals surface area contributed by atoms with Crippen molar-refractivity contribution in [2.75, 3.05) is 5.01 Å². The number of carbonyl (C=O) groups excluding carboxylic acids is 1. The van der Waals surface area contributed by atoms with Crippen molar-refractivity contribution in [1.82, 2.24) is 0 Å². The van der Waals surface area contributed by atoms with Crippen LogP contribution in [0.15, 0.2) is 107 Å². The highest BCUT2D eigenvalue weighted by atomic mass is 79.9. The lowest BCUT2D eigenvalue weighted by molar-refractivity contribution is 0.104. The van der Waals surface area contributed by atoms with Crippen molar-refractivity contribution in [3.05, 3.63) is 113 Å². The van der Waals surface area contributed by atoms with Gasteiger partial charge < -0.3 is 0 Å². The predicted octanol–water partition coefficient (Wildman–Crippen LogP) is 6.20. The molecule has 1 aliphatic heterocycles. The summed E-state index contributed by atoms with van der Waals surface area (Å²) in [6.45, 7) is 0. The van der Waals surface area contributed by atoms with E-state index < -0.39 is 0 Å². The van der Waals surface area contributed by atoms with Gasteiger partial charge in [0.25, 0.3) is 0 Å². The molecular formula is C24H19BrN2O. The third-order valence-corrected chi connectivity index (χ3v) is 5.22. The first-order chi connectivity index (χ1) is 13.7. The summed E-state index contributed by atoms with van der Waals surface area (Å²) >= 11 is 3.39. The summed E-state index contributed by atoms with van der Waals surface area (Å²) in [5, 5.41) is 6.84. The quantitative estimate of drug-likeness (QED) is 0.356. The minimum Gasteiger partial charge on any atom is -0.289 e. The van der Waals surface area contributed by atoms with Gasteiger partial charge in [-0.05, 0) is 54.1 Å². The fourth-order valence-corrected chi connectivity index (χ4v) is 3.53. The number of hydrogen-bond donors (Lipinski definition) is 0. The molecule has 1 aliphatic rings. The molecule has 0 saturated heterocycles. The summed E-state index contributed by atoms with van der Waals surface area (Å²) in [7, 11) is 0. The van der Waals surface area contributed by atoms with E-state index in [9.17, 15) is 4.79 Å². The number of nitrogens with zero attached hydrogens (tertiary/aromatic N) is 2. The number of ketones is 1. The maximum atomic E-state index is 12.4. The van der Waals surface area contributed by atoms with Gasteiger partial charge in [0, 0.05) is 16.5 Å². The van der Waals surface area contributed by atoms with Crippen molar-refractivity contribution in [1.29, 1.82) is 0 Å². The number of allylic oxidation sites excluding steroid dienone is 2. The zero-order valence-electron chi connectivity index (χ0n) is 15.2. The Morgan fingerprint density at radius 1 is 0.929 bits per heavy atom. The molecule has 4 rings (SSSR count). The average Bonchev–Trinajstić information content (AvgIpc) is 3.18. The highest BCUT2D eigenvalue weighted by Gasteiger charge is 2.28. The van der Waals surface area contributed by atoms with Crippen LogP contribution in [0.3, 0.4) is 0 Å². The van der Waals surface area contributed by atoms with Crippen LogP contribution in [0.1, 0.15) is 28.4 Å². The third-order valence-electron chi connectivity index (χ3n) is 4.69. The Hall–Kier alpha value is -2.98. The number of hydrogen-bond acceptors (Lipinski definition) is 3. The molecule has 4 heteroatoms. The summed E-state index contributed by atoms with van der Waals surface area (Å²) in [5.74, 6) is -0.0235. The summed E-state index contributed by atoms with van der Waals surface area (Å²) < 4.78 is 0.956. The van der Waals surface area contributed by atoms with Gasteiger partial charge in [-0.3, -0.25) is 9.80 Å². The van der Waals surface area contributed by atoms with Crippen LogP contribution in [-0.4, -0.2) is 11.5 Å². The molecule has 0 unspecified atom stereocenters. The maximum Gasteiger partial charge on any atom is 0.185 e. The van der Waals surface area contributed by atoms with Gasteiger partial charge in [0.2, 0.25) is 0 Å². The summed E-state index contributed by atoms with van der Waals surface area (Å²) in [6, 6.07) is 28.0. The van der Waals surface area contributed by atoms with E-state index in [1.807, 2.05) is 71.7 Å². The first-order valence-corrected chi connectivity index (χ1v) is 9.95. The number of rotatable bonds is 5. The van der Waals surface area contributed by atoms with E-state index in [1.165, 1.54) is 5.56 Å². The largest absolute Gasteiger partial charge is 0.289 e. The van der Waals surface area contributed by atoms with E-state index in [4.69, 9.17) is 5.10 Å². The van der Waals surface area contributed by atoms with Crippen molar-refractivity contribution in [3.8, 4) is 0 Å². The molecule has 0 spiro atoms. The topological polar surface area (TPSA) is 32.7 Å². The number of hydrazone groups is 1. The molecule has 0 fully saturated rings. The van der Waals surface area contributed by atoms with E-state index >= 15 is 0 Å². The van der Waals surface area contributed by atoms with E-state index in [2.05, 4.69) is 40.2 Å². The normalized spacial score (nSPS) is 16.4. The smallest absolute Gasteiger partial charge is 0.185 e. The summed E-state index contributed by atoms with van der Waals surface area (Å²) in [6.07, 6.45) is 4.20. The second kappa shape index (κ2) is 8.36. The zero-order valence-corrected chi connectivity index (χ0v) is 16.8. The Bertz CT molecular complexity index is 1010. The van der Waals surface area contributed by atoms with Crippen LogP contribution in [0.2, 0.25) is 0 Å². The first kappa shape index (κ1) is 18.4. The fraction of sp³-hybridized carbons (Fsp3) is 0.0833. The molecule has 1 heterocycles. The van der Waals surface area contributed by atoms with Crippen molar-refractivity contribution in [3.63, 3.8) is 0 Å². The van der Waals surface area contributed by atoms with Gasteiger partial charge in [0.05, 0.1) is 17.4 Å². The minimum atomic E-state index is -0.0235. The van der Waals surface area contributed by atoms with Crippen LogP contribution in [0.25, 0.3) is 0 Å². The molecule has 3 nitrogen and oxygen atoms in total. The van der Waals surface area contributed by atoms with Crippen molar-refractivity contribution in [2.24, 2.45) is 5.10 Å². The average molecular weight is 431 g/mol. The van der Waals surface area contributed by atoms with Gasteiger partial charge in [-0.2, -0.15) is 5.10 Å². The Balaban J connectivity index is 1.59. The number of carbonyl (C=O) groups is 1. The second-order valence-corrected chi connectivity index (χ2v) is 7.52.